The van der Waals surface area contributed by atoms with Gasteiger partial charge in [-0.2, -0.15) is 0 Å². The van der Waals surface area contributed by atoms with Gasteiger partial charge < -0.3 is 35.1 Å². The SMILES string of the molecule is CC1(C)CCC(CN2CCN(c3ccc(C(=O)NS(=O)(=O)c4cc5c(c([N+](=O)[O-])c4)NC(CNC(=O)O)CO5)c(Oc4cnc5[nH]ccc5c4)c3)CC2)=C(c2ccc(Cl)cc2)C1. The Hall–Kier alpha value is -6.37. The third-order valence-electron chi connectivity index (χ3n) is 11.4. The van der Waals surface area contributed by atoms with Crippen LogP contribution in [0.25, 0.3) is 16.6 Å². The van der Waals surface area contributed by atoms with Crippen LogP contribution in [0.1, 0.15) is 49.0 Å². The van der Waals surface area contributed by atoms with Crippen molar-refractivity contribution in [1.82, 2.24) is 24.9 Å². The number of hydrogen-bond donors (Lipinski definition) is 5. The summed E-state index contributed by atoms with van der Waals surface area (Å²) in [6.07, 6.45) is 5.07. The molecule has 1 unspecified atom stereocenters. The molecule has 1 saturated heterocycles. The number of sulfonamides is 1. The number of aromatic amines is 1. The molecular weight excluding hydrogens is 840 g/mol. The monoisotopic (exact) mass is 884 g/mol. The summed E-state index contributed by atoms with van der Waals surface area (Å²) in [5.74, 6) is -0.807. The molecule has 3 aromatic carbocycles. The number of carbonyl (C=O) groups excluding carboxylic acids is 1. The van der Waals surface area contributed by atoms with Crippen LogP contribution in [0.3, 0.4) is 0 Å². The second-order valence-electron chi connectivity index (χ2n) is 16.4. The van der Waals surface area contributed by atoms with Crippen LogP contribution in [0.15, 0.2) is 89.6 Å². The van der Waals surface area contributed by atoms with E-state index in [2.05, 4.69) is 56.4 Å². The summed E-state index contributed by atoms with van der Waals surface area (Å²) in [4.78, 5) is 47.7. The number of carboxylic acid groups (broad SMARTS) is 1. The van der Waals surface area contributed by atoms with E-state index in [1.54, 1.807) is 24.4 Å². The number of carbonyl (C=O) groups is 2. The zero-order valence-electron chi connectivity index (χ0n) is 33.9. The lowest BCUT2D eigenvalue weighted by Gasteiger charge is -2.39. The lowest BCUT2D eigenvalue weighted by molar-refractivity contribution is -0.384. The standard InChI is InChI=1S/C43H45ClN8O9S/c1-43(2)11-9-28(35(21-43)26-3-5-29(44)6-4-26)24-50-13-15-51(16-14-50)31-7-8-34(37(18-31)61-32-17-27-10-12-45-40(27)46-23-32)41(53)49-62(58,59)33-19-36(52(56)57)39-38(20-33)60-25-30(48-39)22-47-42(54)55/h3-8,10,12,17-20,23,30,47-48H,9,11,13-16,21-22,24-25H2,1-2H3,(H,45,46)(H,49,53)(H,54,55). The van der Waals surface area contributed by atoms with E-state index in [9.17, 15) is 28.1 Å². The van der Waals surface area contributed by atoms with Gasteiger partial charge >= 0.3 is 6.09 Å². The maximum absolute atomic E-state index is 13.9. The van der Waals surface area contributed by atoms with Crippen LogP contribution in [-0.2, 0) is 10.0 Å². The minimum atomic E-state index is -4.72. The van der Waals surface area contributed by atoms with E-state index in [1.807, 2.05) is 22.9 Å². The number of rotatable bonds is 12. The molecule has 17 nitrogen and oxygen atoms in total. The van der Waals surface area contributed by atoms with Gasteiger partial charge in [0.1, 0.15) is 23.8 Å². The normalized spacial score (nSPS) is 17.7. The fourth-order valence-corrected chi connectivity index (χ4v) is 9.23. The average Bonchev–Trinajstić information content (AvgIpc) is 3.71. The Kier molecular flexibility index (Phi) is 11.7. The number of pyridine rings is 1. The highest BCUT2D eigenvalue weighted by Crippen LogP contribution is 2.44. The van der Waals surface area contributed by atoms with Gasteiger partial charge in [0, 0.05) is 79.8 Å². The molecule has 19 heteroatoms. The smallest absolute Gasteiger partial charge is 0.404 e. The molecule has 1 aliphatic carbocycles. The van der Waals surface area contributed by atoms with Crippen molar-refractivity contribution in [2.75, 3.05) is 56.1 Å². The quantitative estimate of drug-likeness (QED) is 0.0616. The zero-order valence-corrected chi connectivity index (χ0v) is 35.5. The number of benzene rings is 3. The number of nitrogens with zero attached hydrogens (tertiary/aromatic N) is 4. The third kappa shape index (κ3) is 9.41. The Balaban J connectivity index is 1.02. The largest absolute Gasteiger partial charge is 0.489 e. The van der Waals surface area contributed by atoms with E-state index < -0.39 is 43.6 Å². The molecule has 5 N–H and O–H groups in total. The second-order valence-corrected chi connectivity index (χ2v) is 18.5. The lowest BCUT2D eigenvalue weighted by Crippen LogP contribution is -2.47. The van der Waals surface area contributed by atoms with Gasteiger partial charge in [0.2, 0.25) is 0 Å². The number of nitro benzene ring substituents is 1. The van der Waals surface area contributed by atoms with E-state index in [0.717, 1.165) is 62.1 Å². The Morgan fingerprint density at radius 3 is 2.60 bits per heavy atom. The number of allylic oxidation sites excluding steroid dienone is 1. The van der Waals surface area contributed by atoms with Gasteiger partial charge in [-0.05, 0) is 72.2 Å². The van der Waals surface area contributed by atoms with Crippen LogP contribution < -0.4 is 29.7 Å². The summed E-state index contributed by atoms with van der Waals surface area (Å²) in [6, 6.07) is 17.8. The molecule has 324 valence electrons. The van der Waals surface area contributed by atoms with Crippen LogP contribution >= 0.6 is 11.6 Å². The predicted molar refractivity (Wildman–Crippen MR) is 234 cm³/mol. The molecule has 1 fully saturated rings. The molecule has 62 heavy (non-hydrogen) atoms. The number of hydrogen-bond acceptors (Lipinski definition) is 12. The second kappa shape index (κ2) is 17.2. The van der Waals surface area contributed by atoms with Gasteiger partial charge in [-0.25, -0.2) is 22.9 Å². The summed E-state index contributed by atoms with van der Waals surface area (Å²) in [6.45, 7) is 8.21. The summed E-state index contributed by atoms with van der Waals surface area (Å²) < 4.78 is 41.5. The number of ether oxygens (including phenoxy) is 2. The molecule has 3 aliphatic rings. The summed E-state index contributed by atoms with van der Waals surface area (Å²) in [7, 11) is -4.72. The first-order valence-electron chi connectivity index (χ1n) is 20.1. The van der Waals surface area contributed by atoms with Crippen molar-refractivity contribution < 1.29 is 37.5 Å². The van der Waals surface area contributed by atoms with Gasteiger partial charge in [-0.15, -0.1) is 0 Å². The van der Waals surface area contributed by atoms with Crippen molar-refractivity contribution in [2.24, 2.45) is 5.41 Å². The van der Waals surface area contributed by atoms with E-state index in [1.165, 1.54) is 29.0 Å². The third-order valence-corrected chi connectivity index (χ3v) is 13.0. The molecular formula is C43H45ClN8O9S. The number of halogens is 1. The maximum Gasteiger partial charge on any atom is 0.404 e. The summed E-state index contributed by atoms with van der Waals surface area (Å²) in [5.41, 5.74) is 4.78. The number of fused-ring (bicyclic) bond motifs is 2. The first-order chi connectivity index (χ1) is 29.6. The highest BCUT2D eigenvalue weighted by Gasteiger charge is 2.33. The van der Waals surface area contributed by atoms with Crippen molar-refractivity contribution in [3.63, 3.8) is 0 Å². The van der Waals surface area contributed by atoms with E-state index in [0.29, 0.717) is 29.5 Å². The average molecular weight is 885 g/mol. The van der Waals surface area contributed by atoms with Crippen LogP contribution in [0.2, 0.25) is 5.02 Å². The van der Waals surface area contributed by atoms with Gasteiger partial charge in [-0.3, -0.25) is 19.8 Å². The molecule has 2 amide bonds. The van der Waals surface area contributed by atoms with Crippen molar-refractivity contribution >= 4 is 67.3 Å². The number of amides is 2. The van der Waals surface area contributed by atoms with Crippen molar-refractivity contribution in [3.8, 4) is 17.2 Å². The molecule has 0 radical (unpaired) electrons. The Morgan fingerprint density at radius 2 is 1.85 bits per heavy atom. The molecule has 0 spiro atoms. The van der Waals surface area contributed by atoms with E-state index in [4.69, 9.17) is 26.2 Å². The first-order valence-corrected chi connectivity index (χ1v) is 21.9. The van der Waals surface area contributed by atoms with Crippen molar-refractivity contribution in [1.29, 1.82) is 0 Å². The van der Waals surface area contributed by atoms with Crippen molar-refractivity contribution in [3.05, 3.63) is 111 Å². The van der Waals surface area contributed by atoms with Crippen LogP contribution in [0, 0.1) is 15.5 Å². The highest BCUT2D eigenvalue weighted by molar-refractivity contribution is 7.90. The summed E-state index contributed by atoms with van der Waals surface area (Å²) in [5, 5.41) is 27.5. The predicted octanol–water partition coefficient (Wildman–Crippen LogP) is 7.26. The van der Waals surface area contributed by atoms with Gasteiger partial charge in [0.15, 0.2) is 11.4 Å². The number of nitrogens with one attached hydrogen (secondary N) is 4. The first kappa shape index (κ1) is 42.3. The van der Waals surface area contributed by atoms with Crippen LogP contribution in [-0.4, -0.2) is 97.2 Å². The topological polar surface area (TPSA) is 221 Å². The van der Waals surface area contributed by atoms with Crippen molar-refractivity contribution in [2.45, 2.75) is 44.0 Å². The molecule has 2 aliphatic heterocycles. The zero-order chi connectivity index (χ0) is 43.8. The van der Waals surface area contributed by atoms with E-state index >= 15 is 0 Å². The number of piperazine rings is 1. The fraction of sp³-hybridized carbons (Fsp3) is 0.326. The molecule has 0 saturated carbocycles. The fourth-order valence-electron chi connectivity index (χ4n) is 8.11. The Labute approximate surface area is 362 Å². The number of anilines is 2. The molecule has 5 aromatic rings. The molecule has 8 rings (SSSR count). The Morgan fingerprint density at radius 1 is 1.08 bits per heavy atom. The molecule has 4 heterocycles. The van der Waals surface area contributed by atoms with Crippen LogP contribution in [0.4, 0.5) is 21.9 Å². The van der Waals surface area contributed by atoms with Gasteiger partial charge in [0.05, 0.1) is 27.6 Å². The van der Waals surface area contributed by atoms with Gasteiger partial charge in [0.25, 0.3) is 21.6 Å². The highest BCUT2D eigenvalue weighted by atomic mass is 35.5. The minimum Gasteiger partial charge on any atom is -0.489 e. The number of nitro groups is 1. The minimum absolute atomic E-state index is 0.0712. The molecule has 1 atom stereocenters. The Bertz CT molecular complexity index is 2700. The lowest BCUT2D eigenvalue weighted by atomic mass is 9.72. The molecule has 2 aromatic heterocycles. The maximum atomic E-state index is 13.9. The number of H-pyrrole nitrogens is 1. The number of aromatic nitrogens is 2. The van der Waals surface area contributed by atoms with Gasteiger partial charge in [-0.1, -0.05) is 43.2 Å². The van der Waals surface area contributed by atoms with E-state index in [-0.39, 0.29) is 41.3 Å². The van der Waals surface area contributed by atoms with Crippen LogP contribution in [0.5, 0.6) is 17.2 Å². The summed E-state index contributed by atoms with van der Waals surface area (Å²) >= 11 is 6.23. The molecule has 0 bridgehead atoms.